The predicted molar refractivity (Wildman–Crippen MR) is 76.7 cm³/mol. The second-order valence-electron chi connectivity index (χ2n) is 5.02. The van der Waals surface area contributed by atoms with Gasteiger partial charge >= 0.3 is 0 Å². The van der Waals surface area contributed by atoms with Crippen LogP contribution in [0.5, 0.6) is 0 Å². The zero-order chi connectivity index (χ0) is 13.7. The molecule has 0 aromatic heterocycles. The van der Waals surface area contributed by atoms with Gasteiger partial charge in [0.15, 0.2) is 0 Å². The first-order valence-electron chi connectivity index (χ1n) is 6.94. The maximum absolute atomic E-state index is 12.0. The van der Waals surface area contributed by atoms with Crippen LogP contribution in [0.3, 0.4) is 0 Å². The molecular formula is C14H22N2O2S. The van der Waals surface area contributed by atoms with Crippen LogP contribution in [-0.4, -0.2) is 27.5 Å². The number of rotatable bonds is 8. The van der Waals surface area contributed by atoms with Gasteiger partial charge in [-0.1, -0.05) is 25.5 Å². The van der Waals surface area contributed by atoms with Gasteiger partial charge in [0, 0.05) is 19.1 Å². The molecule has 0 heterocycles. The lowest BCUT2D eigenvalue weighted by Crippen LogP contribution is -2.32. The fraction of sp³-hybridized carbons (Fsp3) is 0.571. The summed E-state index contributed by atoms with van der Waals surface area (Å²) in [5.74, 6) is 0. The lowest BCUT2D eigenvalue weighted by molar-refractivity contribution is 0.575. The molecule has 1 aromatic rings. The topological polar surface area (TPSA) is 58.2 Å². The van der Waals surface area contributed by atoms with E-state index in [2.05, 4.69) is 17.0 Å². The van der Waals surface area contributed by atoms with E-state index in [1.807, 2.05) is 12.1 Å². The van der Waals surface area contributed by atoms with E-state index in [4.69, 9.17) is 0 Å². The van der Waals surface area contributed by atoms with Crippen molar-refractivity contribution in [1.29, 1.82) is 0 Å². The van der Waals surface area contributed by atoms with E-state index in [0.717, 1.165) is 12.8 Å². The minimum absolute atomic E-state index is 0.346. The minimum Gasteiger partial charge on any atom is -0.313 e. The van der Waals surface area contributed by atoms with Crippen LogP contribution >= 0.6 is 0 Å². The Labute approximate surface area is 115 Å². The summed E-state index contributed by atoms with van der Waals surface area (Å²) >= 11 is 0. The fourth-order valence-electron chi connectivity index (χ4n) is 1.96. The number of aryl methyl sites for hydroxylation is 1. The molecule has 2 N–H and O–H groups in total. The SMILES string of the molecule is CCCc1ccc(S(=O)(=O)NCCNC2CC2)cc1. The van der Waals surface area contributed by atoms with Crippen molar-refractivity contribution in [2.45, 2.75) is 43.5 Å². The average Bonchev–Trinajstić information content (AvgIpc) is 3.20. The van der Waals surface area contributed by atoms with Gasteiger partial charge in [0.2, 0.25) is 10.0 Å². The first-order chi connectivity index (χ1) is 9.12. The van der Waals surface area contributed by atoms with Gasteiger partial charge in [-0.15, -0.1) is 0 Å². The Bertz CT molecular complexity index is 493. The molecule has 0 aliphatic heterocycles. The zero-order valence-electron chi connectivity index (χ0n) is 11.4. The molecule has 106 valence electrons. The largest absolute Gasteiger partial charge is 0.313 e. The van der Waals surface area contributed by atoms with Crippen LogP contribution in [0.15, 0.2) is 29.2 Å². The van der Waals surface area contributed by atoms with Crippen LogP contribution < -0.4 is 10.0 Å². The van der Waals surface area contributed by atoms with E-state index >= 15 is 0 Å². The Balaban J connectivity index is 1.86. The van der Waals surface area contributed by atoms with Crippen LogP contribution in [0, 0.1) is 0 Å². The maximum atomic E-state index is 12.0. The third kappa shape index (κ3) is 4.60. The molecule has 0 spiro atoms. The molecule has 1 aliphatic rings. The lowest BCUT2D eigenvalue weighted by atomic mass is 10.1. The van der Waals surface area contributed by atoms with Crippen molar-refractivity contribution in [1.82, 2.24) is 10.0 Å². The summed E-state index contributed by atoms with van der Waals surface area (Å²) in [5.41, 5.74) is 1.18. The first kappa shape index (κ1) is 14.5. The number of benzene rings is 1. The Morgan fingerprint density at radius 1 is 1.16 bits per heavy atom. The molecule has 1 saturated carbocycles. The third-order valence-corrected chi connectivity index (χ3v) is 4.68. The highest BCUT2D eigenvalue weighted by Crippen LogP contribution is 2.18. The molecule has 0 atom stereocenters. The third-order valence-electron chi connectivity index (χ3n) is 3.20. The molecule has 0 unspecified atom stereocenters. The summed E-state index contributed by atoms with van der Waals surface area (Å²) in [6.07, 6.45) is 4.48. The van der Waals surface area contributed by atoms with Crippen molar-refractivity contribution in [3.8, 4) is 0 Å². The Kier molecular flexibility index (Phi) is 4.96. The molecule has 4 nitrogen and oxygen atoms in total. The Hall–Kier alpha value is -0.910. The van der Waals surface area contributed by atoms with Gasteiger partial charge in [0.1, 0.15) is 0 Å². The van der Waals surface area contributed by atoms with Crippen molar-refractivity contribution in [2.75, 3.05) is 13.1 Å². The van der Waals surface area contributed by atoms with E-state index in [-0.39, 0.29) is 0 Å². The summed E-state index contributed by atoms with van der Waals surface area (Å²) in [6.45, 7) is 3.24. The normalized spacial score (nSPS) is 15.6. The fourth-order valence-corrected chi connectivity index (χ4v) is 2.99. The van der Waals surface area contributed by atoms with E-state index < -0.39 is 10.0 Å². The molecule has 1 aromatic carbocycles. The van der Waals surface area contributed by atoms with E-state index in [1.54, 1.807) is 12.1 Å². The van der Waals surface area contributed by atoms with Crippen molar-refractivity contribution >= 4 is 10.0 Å². The standard InChI is InChI=1S/C14H22N2O2S/c1-2-3-12-4-8-14(9-5-12)19(17,18)16-11-10-15-13-6-7-13/h4-5,8-9,13,15-16H,2-3,6-7,10-11H2,1H3. The second-order valence-corrected chi connectivity index (χ2v) is 6.79. The molecule has 2 rings (SSSR count). The first-order valence-corrected chi connectivity index (χ1v) is 8.42. The average molecular weight is 282 g/mol. The van der Waals surface area contributed by atoms with Crippen molar-refractivity contribution in [3.63, 3.8) is 0 Å². The van der Waals surface area contributed by atoms with Crippen molar-refractivity contribution < 1.29 is 8.42 Å². The lowest BCUT2D eigenvalue weighted by Gasteiger charge is -2.08. The number of sulfonamides is 1. The molecular weight excluding hydrogens is 260 g/mol. The summed E-state index contributed by atoms with van der Waals surface area (Å²) in [4.78, 5) is 0.346. The highest BCUT2D eigenvalue weighted by molar-refractivity contribution is 7.89. The second kappa shape index (κ2) is 6.50. The quantitative estimate of drug-likeness (QED) is 0.713. The summed E-state index contributed by atoms with van der Waals surface area (Å²) in [5, 5.41) is 3.28. The van der Waals surface area contributed by atoms with Crippen molar-refractivity contribution in [3.05, 3.63) is 29.8 Å². The molecule has 0 bridgehead atoms. The van der Waals surface area contributed by atoms with E-state index in [0.29, 0.717) is 24.0 Å². The van der Waals surface area contributed by atoms with Crippen LogP contribution in [0.2, 0.25) is 0 Å². The van der Waals surface area contributed by atoms with Crippen LogP contribution in [0.25, 0.3) is 0 Å². The summed E-state index contributed by atoms with van der Waals surface area (Å²) < 4.78 is 26.7. The van der Waals surface area contributed by atoms with Crippen LogP contribution in [0.1, 0.15) is 31.7 Å². The summed E-state index contributed by atoms with van der Waals surface area (Å²) in [6, 6.07) is 7.75. The molecule has 0 radical (unpaired) electrons. The van der Waals surface area contributed by atoms with Gasteiger partial charge in [-0.25, -0.2) is 13.1 Å². The van der Waals surface area contributed by atoms with Gasteiger partial charge in [0.05, 0.1) is 4.90 Å². The molecule has 19 heavy (non-hydrogen) atoms. The van der Waals surface area contributed by atoms with Crippen molar-refractivity contribution in [2.24, 2.45) is 0 Å². The Morgan fingerprint density at radius 3 is 2.42 bits per heavy atom. The number of nitrogens with one attached hydrogen (secondary N) is 2. The monoisotopic (exact) mass is 282 g/mol. The smallest absolute Gasteiger partial charge is 0.240 e. The van der Waals surface area contributed by atoms with Gasteiger partial charge in [0.25, 0.3) is 0 Å². The summed E-state index contributed by atoms with van der Waals surface area (Å²) in [7, 11) is -3.36. The molecule has 0 amide bonds. The van der Waals surface area contributed by atoms with Crippen LogP contribution in [-0.2, 0) is 16.4 Å². The maximum Gasteiger partial charge on any atom is 0.240 e. The predicted octanol–water partition coefficient (Wildman–Crippen LogP) is 1.67. The van der Waals surface area contributed by atoms with Crippen LogP contribution in [0.4, 0.5) is 0 Å². The Morgan fingerprint density at radius 2 is 1.84 bits per heavy atom. The van der Waals surface area contributed by atoms with E-state index in [1.165, 1.54) is 18.4 Å². The molecule has 0 saturated heterocycles. The van der Waals surface area contributed by atoms with Gasteiger partial charge in [-0.3, -0.25) is 0 Å². The number of hydrogen-bond donors (Lipinski definition) is 2. The number of hydrogen-bond acceptors (Lipinski definition) is 3. The highest BCUT2D eigenvalue weighted by atomic mass is 32.2. The zero-order valence-corrected chi connectivity index (χ0v) is 12.2. The molecule has 1 fully saturated rings. The van der Waals surface area contributed by atoms with E-state index in [9.17, 15) is 8.42 Å². The highest BCUT2D eigenvalue weighted by Gasteiger charge is 2.20. The minimum atomic E-state index is -3.36. The molecule has 1 aliphatic carbocycles. The molecule has 5 heteroatoms. The van der Waals surface area contributed by atoms with Gasteiger partial charge < -0.3 is 5.32 Å². The van der Waals surface area contributed by atoms with Gasteiger partial charge in [-0.2, -0.15) is 0 Å². The van der Waals surface area contributed by atoms with Gasteiger partial charge in [-0.05, 0) is 37.0 Å².